The lowest BCUT2D eigenvalue weighted by molar-refractivity contribution is 0.159. The topological polar surface area (TPSA) is 44.5 Å². The van der Waals surface area contributed by atoms with Gasteiger partial charge in [0.25, 0.3) is 0 Å². The van der Waals surface area contributed by atoms with Crippen molar-refractivity contribution in [2.75, 3.05) is 53.4 Å². The monoisotopic (exact) mass is 200 g/mol. The van der Waals surface area contributed by atoms with Gasteiger partial charge in [0.1, 0.15) is 0 Å². The number of hydrogen-bond donors (Lipinski definition) is 2. The van der Waals surface area contributed by atoms with Gasteiger partial charge in [0.15, 0.2) is 0 Å². The van der Waals surface area contributed by atoms with Gasteiger partial charge in [0, 0.05) is 32.2 Å². The molecule has 84 valence electrons. The van der Waals surface area contributed by atoms with Crippen LogP contribution in [0.1, 0.15) is 6.42 Å². The minimum absolute atomic E-state index is 0.547. The van der Waals surface area contributed by atoms with Crippen molar-refractivity contribution in [1.29, 1.82) is 0 Å². The van der Waals surface area contributed by atoms with Crippen LogP contribution in [0, 0.1) is 0 Å². The first-order valence-electron chi connectivity index (χ1n) is 5.53. The minimum Gasteiger partial charge on any atom is -0.329 e. The molecular weight excluding hydrogens is 176 g/mol. The molecule has 4 nitrogen and oxygen atoms in total. The molecule has 0 spiro atoms. The molecule has 1 unspecified atom stereocenters. The lowest BCUT2D eigenvalue weighted by Gasteiger charge is -2.35. The third-order valence-electron chi connectivity index (χ3n) is 2.79. The van der Waals surface area contributed by atoms with E-state index in [0.29, 0.717) is 6.04 Å². The van der Waals surface area contributed by atoms with Gasteiger partial charge in [-0.1, -0.05) is 0 Å². The number of nitrogens with one attached hydrogen (secondary N) is 1. The minimum atomic E-state index is 0.547. The van der Waals surface area contributed by atoms with Crippen molar-refractivity contribution in [1.82, 2.24) is 15.1 Å². The second-order valence-electron chi connectivity index (χ2n) is 4.29. The van der Waals surface area contributed by atoms with Crippen LogP contribution >= 0.6 is 0 Å². The fourth-order valence-electron chi connectivity index (χ4n) is 1.92. The first kappa shape index (κ1) is 11.9. The van der Waals surface area contributed by atoms with Crippen LogP contribution in [0.5, 0.6) is 0 Å². The van der Waals surface area contributed by atoms with E-state index >= 15 is 0 Å². The summed E-state index contributed by atoms with van der Waals surface area (Å²) in [5.41, 5.74) is 5.73. The molecule has 1 aliphatic heterocycles. The van der Waals surface area contributed by atoms with E-state index in [9.17, 15) is 0 Å². The smallest absolute Gasteiger partial charge is 0.0343 e. The largest absolute Gasteiger partial charge is 0.329 e. The van der Waals surface area contributed by atoms with E-state index in [-0.39, 0.29) is 0 Å². The summed E-state index contributed by atoms with van der Waals surface area (Å²) >= 11 is 0. The summed E-state index contributed by atoms with van der Waals surface area (Å²) < 4.78 is 0. The molecule has 0 aromatic heterocycles. The van der Waals surface area contributed by atoms with Gasteiger partial charge in [0.2, 0.25) is 0 Å². The highest BCUT2D eigenvalue weighted by atomic mass is 15.2. The van der Waals surface area contributed by atoms with Gasteiger partial charge in [-0.3, -0.25) is 4.90 Å². The molecule has 0 amide bonds. The Morgan fingerprint density at radius 1 is 1.50 bits per heavy atom. The molecule has 0 aliphatic carbocycles. The fourth-order valence-corrected chi connectivity index (χ4v) is 1.92. The average molecular weight is 200 g/mol. The molecule has 0 saturated carbocycles. The molecule has 14 heavy (non-hydrogen) atoms. The Morgan fingerprint density at radius 2 is 2.29 bits per heavy atom. The summed E-state index contributed by atoms with van der Waals surface area (Å²) in [5, 5.41) is 3.38. The summed E-state index contributed by atoms with van der Waals surface area (Å²) in [6.07, 6.45) is 1.24. The van der Waals surface area contributed by atoms with Crippen LogP contribution < -0.4 is 11.1 Å². The van der Waals surface area contributed by atoms with Crippen molar-refractivity contribution in [3.8, 4) is 0 Å². The summed E-state index contributed by atoms with van der Waals surface area (Å²) in [7, 11) is 4.25. The van der Waals surface area contributed by atoms with E-state index in [1.807, 2.05) is 0 Å². The van der Waals surface area contributed by atoms with Crippen LogP contribution in [0.2, 0.25) is 0 Å². The molecular formula is C10H24N4. The molecule has 0 aromatic carbocycles. The third kappa shape index (κ3) is 3.92. The van der Waals surface area contributed by atoms with Gasteiger partial charge in [0.05, 0.1) is 0 Å². The van der Waals surface area contributed by atoms with Crippen LogP contribution in [-0.4, -0.2) is 69.2 Å². The van der Waals surface area contributed by atoms with Gasteiger partial charge >= 0.3 is 0 Å². The molecule has 1 rings (SSSR count). The molecule has 1 atom stereocenters. The summed E-state index contributed by atoms with van der Waals surface area (Å²) in [5.74, 6) is 0. The standard InChI is InChI=1S/C10H24N4/c1-13(2)5-3-6-14-7-4-12-9-10(14)8-11/h10,12H,3-9,11H2,1-2H3. The number of hydrogen-bond acceptors (Lipinski definition) is 4. The zero-order valence-electron chi connectivity index (χ0n) is 9.50. The van der Waals surface area contributed by atoms with Gasteiger partial charge in [-0.05, 0) is 33.6 Å². The van der Waals surface area contributed by atoms with Gasteiger partial charge < -0.3 is 16.0 Å². The van der Waals surface area contributed by atoms with Gasteiger partial charge in [-0.2, -0.15) is 0 Å². The maximum Gasteiger partial charge on any atom is 0.0343 e. The SMILES string of the molecule is CN(C)CCCN1CCNCC1CN. The highest BCUT2D eigenvalue weighted by Gasteiger charge is 2.19. The molecule has 1 saturated heterocycles. The normalized spacial score (nSPS) is 24.4. The summed E-state index contributed by atoms with van der Waals surface area (Å²) in [6.45, 7) is 6.43. The van der Waals surface area contributed by atoms with E-state index in [1.165, 1.54) is 19.5 Å². The van der Waals surface area contributed by atoms with Crippen LogP contribution in [0.3, 0.4) is 0 Å². The predicted molar refractivity (Wildman–Crippen MR) is 60.5 cm³/mol. The second kappa shape index (κ2) is 6.35. The Bertz CT molecular complexity index is 149. The van der Waals surface area contributed by atoms with Gasteiger partial charge in [-0.15, -0.1) is 0 Å². The number of rotatable bonds is 5. The molecule has 0 bridgehead atoms. The summed E-state index contributed by atoms with van der Waals surface area (Å²) in [4.78, 5) is 4.75. The lowest BCUT2D eigenvalue weighted by Crippen LogP contribution is -2.54. The molecule has 1 aliphatic rings. The molecule has 3 N–H and O–H groups in total. The molecule has 0 radical (unpaired) electrons. The zero-order chi connectivity index (χ0) is 10.4. The Labute approximate surface area is 87.4 Å². The Hall–Kier alpha value is -0.160. The first-order chi connectivity index (χ1) is 6.74. The van der Waals surface area contributed by atoms with E-state index in [2.05, 4.69) is 29.2 Å². The fraction of sp³-hybridized carbons (Fsp3) is 1.00. The number of piperazine rings is 1. The van der Waals surface area contributed by atoms with Crippen LogP contribution in [0.15, 0.2) is 0 Å². The maximum absolute atomic E-state index is 5.73. The zero-order valence-corrected chi connectivity index (χ0v) is 9.50. The van der Waals surface area contributed by atoms with E-state index < -0.39 is 0 Å². The van der Waals surface area contributed by atoms with E-state index in [4.69, 9.17) is 5.73 Å². The second-order valence-corrected chi connectivity index (χ2v) is 4.29. The third-order valence-corrected chi connectivity index (χ3v) is 2.79. The van der Waals surface area contributed by atoms with Crippen LogP contribution in [0.4, 0.5) is 0 Å². The number of nitrogens with zero attached hydrogens (tertiary/aromatic N) is 2. The summed E-state index contributed by atoms with van der Waals surface area (Å²) in [6, 6.07) is 0.547. The maximum atomic E-state index is 5.73. The van der Waals surface area contributed by atoms with Crippen LogP contribution in [-0.2, 0) is 0 Å². The Balaban J connectivity index is 2.19. The van der Waals surface area contributed by atoms with Crippen molar-refractivity contribution in [2.24, 2.45) is 5.73 Å². The van der Waals surface area contributed by atoms with Crippen molar-refractivity contribution < 1.29 is 0 Å². The first-order valence-corrected chi connectivity index (χ1v) is 5.53. The van der Waals surface area contributed by atoms with Crippen LogP contribution in [0.25, 0.3) is 0 Å². The highest BCUT2D eigenvalue weighted by Crippen LogP contribution is 2.02. The van der Waals surface area contributed by atoms with E-state index in [1.54, 1.807) is 0 Å². The molecule has 0 aromatic rings. The van der Waals surface area contributed by atoms with Gasteiger partial charge in [-0.25, -0.2) is 0 Å². The molecule has 1 heterocycles. The number of nitrogens with two attached hydrogens (primary N) is 1. The van der Waals surface area contributed by atoms with Crippen molar-refractivity contribution in [3.05, 3.63) is 0 Å². The molecule has 1 fully saturated rings. The average Bonchev–Trinajstić information content (AvgIpc) is 2.18. The Morgan fingerprint density at radius 3 is 2.93 bits per heavy atom. The van der Waals surface area contributed by atoms with E-state index in [0.717, 1.165) is 26.2 Å². The van der Waals surface area contributed by atoms with Crippen molar-refractivity contribution >= 4 is 0 Å². The van der Waals surface area contributed by atoms with Crippen molar-refractivity contribution in [2.45, 2.75) is 12.5 Å². The Kier molecular flexibility index (Phi) is 5.40. The highest BCUT2D eigenvalue weighted by molar-refractivity contribution is 4.80. The molecule has 4 heteroatoms. The van der Waals surface area contributed by atoms with Crippen molar-refractivity contribution in [3.63, 3.8) is 0 Å². The lowest BCUT2D eigenvalue weighted by atomic mass is 10.2. The predicted octanol–water partition coefficient (Wildman–Crippen LogP) is -0.829. The quantitative estimate of drug-likeness (QED) is 0.608.